The normalized spacial score (nSPS) is 17.0. The SMILES string of the molecule is CCc1cc(Nc2nccn3c(C4=C(F)C(F)C(OCC#N)C=C4)cnc23)ccc1[B]NCCOCCN(C)C. The van der Waals surface area contributed by atoms with Crippen LogP contribution in [0.5, 0.6) is 0 Å². The molecule has 1 aliphatic carbocycles. The molecule has 1 aliphatic rings. The van der Waals surface area contributed by atoms with E-state index >= 15 is 0 Å². The highest BCUT2D eigenvalue weighted by atomic mass is 19.2. The standard InChI is InChI=1S/C28H33BF2N7O2/c1-4-19-17-20(5-7-22(19)29-35-11-15-39-16-13-37(2)3)36-27-28-34-18-23(38(28)12-10-33-27)21-6-8-24(40-14-9-32)26(31)25(21)30/h5-8,10,12,17-18,24,26,35H,4,11,13-16H2,1-3H3,(H,33,36). The zero-order valence-corrected chi connectivity index (χ0v) is 22.9. The lowest BCUT2D eigenvalue weighted by atomic mass is 9.78. The van der Waals surface area contributed by atoms with Gasteiger partial charge in [0.05, 0.1) is 31.2 Å². The molecule has 12 heteroatoms. The molecule has 9 nitrogen and oxygen atoms in total. The highest BCUT2D eigenvalue weighted by Gasteiger charge is 2.31. The van der Waals surface area contributed by atoms with E-state index in [0.717, 1.165) is 29.7 Å². The summed E-state index contributed by atoms with van der Waals surface area (Å²) in [6.07, 6.45) is 5.25. The fourth-order valence-electron chi connectivity index (χ4n) is 4.28. The summed E-state index contributed by atoms with van der Waals surface area (Å²) in [5, 5.41) is 15.3. The molecule has 2 N–H and O–H groups in total. The number of rotatable bonds is 14. The summed E-state index contributed by atoms with van der Waals surface area (Å²) in [5.41, 5.74) is 3.97. The van der Waals surface area contributed by atoms with Gasteiger partial charge in [-0.25, -0.2) is 18.7 Å². The van der Waals surface area contributed by atoms with E-state index in [0.29, 0.717) is 36.9 Å². The molecule has 0 aliphatic heterocycles. The number of nitrogens with one attached hydrogen (secondary N) is 2. The van der Waals surface area contributed by atoms with E-state index < -0.39 is 18.1 Å². The average molecular weight is 548 g/mol. The van der Waals surface area contributed by atoms with Gasteiger partial charge in [-0.15, -0.1) is 0 Å². The van der Waals surface area contributed by atoms with Crippen molar-refractivity contribution in [1.82, 2.24) is 24.5 Å². The van der Waals surface area contributed by atoms with Gasteiger partial charge in [-0.3, -0.25) is 4.40 Å². The van der Waals surface area contributed by atoms with Crippen molar-refractivity contribution in [2.45, 2.75) is 25.6 Å². The lowest BCUT2D eigenvalue weighted by Crippen LogP contribution is -2.35. The van der Waals surface area contributed by atoms with Crippen molar-refractivity contribution in [1.29, 1.82) is 5.26 Å². The molecule has 40 heavy (non-hydrogen) atoms. The maximum atomic E-state index is 15.0. The number of ether oxygens (including phenoxy) is 2. The molecule has 209 valence electrons. The Balaban J connectivity index is 1.44. The van der Waals surface area contributed by atoms with E-state index in [9.17, 15) is 8.78 Å². The first-order valence-corrected chi connectivity index (χ1v) is 13.1. The number of imidazole rings is 1. The quantitative estimate of drug-likeness (QED) is 0.235. The van der Waals surface area contributed by atoms with Crippen LogP contribution in [0.2, 0.25) is 0 Å². The van der Waals surface area contributed by atoms with Crippen molar-refractivity contribution in [2.24, 2.45) is 0 Å². The number of hydrogen-bond donors (Lipinski definition) is 2. The van der Waals surface area contributed by atoms with Crippen LogP contribution in [-0.4, -0.2) is 86.0 Å². The maximum absolute atomic E-state index is 15.0. The number of allylic oxidation sites excluding steroid dienone is 2. The monoisotopic (exact) mass is 548 g/mol. The highest BCUT2D eigenvalue weighted by Crippen LogP contribution is 2.33. The van der Waals surface area contributed by atoms with Crippen LogP contribution in [-0.2, 0) is 15.9 Å². The van der Waals surface area contributed by atoms with E-state index in [1.54, 1.807) is 22.9 Å². The van der Waals surface area contributed by atoms with Crippen molar-refractivity contribution in [3.05, 3.63) is 66.0 Å². The van der Waals surface area contributed by atoms with Crippen LogP contribution < -0.4 is 16.0 Å². The Bertz CT molecular complexity index is 1400. The molecule has 0 fully saturated rings. The third-order valence-electron chi connectivity index (χ3n) is 6.40. The molecule has 0 spiro atoms. The molecule has 4 rings (SSSR count). The first kappa shape index (κ1) is 29.4. The van der Waals surface area contributed by atoms with Gasteiger partial charge in [0.25, 0.3) is 0 Å². The molecule has 0 saturated heterocycles. The summed E-state index contributed by atoms with van der Waals surface area (Å²) in [7, 11) is 6.03. The van der Waals surface area contributed by atoms with Crippen LogP contribution >= 0.6 is 0 Å². The van der Waals surface area contributed by atoms with Crippen molar-refractivity contribution < 1.29 is 18.3 Å². The number of fused-ring (bicyclic) bond motifs is 1. The molecule has 2 atom stereocenters. The lowest BCUT2D eigenvalue weighted by Gasteiger charge is -2.21. The van der Waals surface area contributed by atoms with Crippen LogP contribution in [0.25, 0.3) is 11.2 Å². The van der Waals surface area contributed by atoms with Gasteiger partial charge >= 0.3 is 0 Å². The summed E-state index contributed by atoms with van der Waals surface area (Å²) in [6.45, 7) is 4.71. The first-order valence-electron chi connectivity index (χ1n) is 13.1. The number of benzene rings is 1. The molecule has 0 bridgehead atoms. The highest BCUT2D eigenvalue weighted by molar-refractivity contribution is 6.51. The molecular formula is C28H33BF2N7O2. The topological polar surface area (TPSA) is 99.7 Å². The predicted octanol–water partition coefficient (Wildman–Crippen LogP) is 2.94. The van der Waals surface area contributed by atoms with Gasteiger partial charge in [-0.2, -0.15) is 5.26 Å². The van der Waals surface area contributed by atoms with E-state index in [2.05, 4.69) is 38.4 Å². The van der Waals surface area contributed by atoms with Crippen molar-refractivity contribution in [2.75, 3.05) is 52.3 Å². The Morgan fingerprint density at radius 3 is 2.88 bits per heavy atom. The minimum Gasteiger partial charge on any atom is -0.379 e. The predicted molar refractivity (Wildman–Crippen MR) is 152 cm³/mol. The molecule has 3 aromatic rings. The number of aryl methyl sites for hydroxylation is 1. The fourth-order valence-corrected chi connectivity index (χ4v) is 4.28. The summed E-state index contributed by atoms with van der Waals surface area (Å²) in [4.78, 5) is 10.9. The number of alkyl halides is 1. The van der Waals surface area contributed by atoms with Crippen LogP contribution in [0.3, 0.4) is 0 Å². The molecule has 2 unspecified atom stereocenters. The Labute approximate surface area is 233 Å². The second-order valence-corrected chi connectivity index (χ2v) is 9.48. The van der Waals surface area contributed by atoms with Crippen LogP contribution in [0.15, 0.2) is 54.8 Å². The third-order valence-corrected chi connectivity index (χ3v) is 6.40. The number of aromatic nitrogens is 3. The number of halogens is 2. The average Bonchev–Trinajstić information content (AvgIpc) is 3.38. The molecule has 0 amide bonds. The molecule has 0 saturated carbocycles. The van der Waals surface area contributed by atoms with Crippen molar-refractivity contribution in [3.63, 3.8) is 0 Å². The van der Waals surface area contributed by atoms with Crippen molar-refractivity contribution >= 4 is 35.6 Å². The van der Waals surface area contributed by atoms with E-state index in [1.807, 2.05) is 33.6 Å². The van der Waals surface area contributed by atoms with Gasteiger partial charge in [0.15, 0.2) is 17.6 Å². The zero-order valence-electron chi connectivity index (χ0n) is 22.9. The van der Waals surface area contributed by atoms with Crippen LogP contribution in [0, 0.1) is 11.3 Å². The van der Waals surface area contributed by atoms with Gasteiger partial charge in [0, 0.05) is 36.7 Å². The Hall–Kier alpha value is -3.63. The molecule has 1 radical (unpaired) electrons. The molecular weight excluding hydrogens is 515 g/mol. The summed E-state index contributed by atoms with van der Waals surface area (Å²) < 4.78 is 42.0. The number of likely N-dealkylation sites (N-methyl/N-ethyl adjacent to an activating group) is 1. The second kappa shape index (κ2) is 14.1. The summed E-state index contributed by atoms with van der Waals surface area (Å²) in [6, 6.07) is 7.80. The minimum atomic E-state index is -2.01. The van der Waals surface area contributed by atoms with Gasteiger partial charge in [0.1, 0.15) is 18.5 Å². The maximum Gasteiger partial charge on any atom is 0.245 e. The van der Waals surface area contributed by atoms with Gasteiger partial charge in [-0.05, 0) is 32.6 Å². The summed E-state index contributed by atoms with van der Waals surface area (Å²) >= 11 is 0. The second-order valence-electron chi connectivity index (χ2n) is 9.48. The zero-order chi connectivity index (χ0) is 28.5. The Morgan fingerprint density at radius 1 is 1.25 bits per heavy atom. The van der Waals surface area contributed by atoms with E-state index in [-0.39, 0.29) is 12.2 Å². The van der Waals surface area contributed by atoms with E-state index in [1.165, 1.54) is 18.3 Å². The smallest absolute Gasteiger partial charge is 0.245 e. The lowest BCUT2D eigenvalue weighted by molar-refractivity contribution is 0.0519. The third kappa shape index (κ3) is 7.11. The molecule has 2 heterocycles. The number of hydrogen-bond acceptors (Lipinski definition) is 8. The van der Waals surface area contributed by atoms with Gasteiger partial charge in [-0.1, -0.05) is 36.2 Å². The first-order chi connectivity index (χ1) is 19.4. The van der Waals surface area contributed by atoms with Crippen LogP contribution in [0.1, 0.15) is 18.2 Å². The minimum absolute atomic E-state index is 0.0673. The van der Waals surface area contributed by atoms with E-state index in [4.69, 9.17) is 14.7 Å². The summed E-state index contributed by atoms with van der Waals surface area (Å²) in [5.74, 6) is -0.486. The van der Waals surface area contributed by atoms with Crippen molar-refractivity contribution in [3.8, 4) is 6.07 Å². The number of anilines is 2. The number of nitriles is 1. The van der Waals surface area contributed by atoms with Gasteiger partial charge < -0.3 is 24.9 Å². The van der Waals surface area contributed by atoms with Gasteiger partial charge in [0.2, 0.25) is 7.41 Å². The van der Waals surface area contributed by atoms with Crippen LogP contribution in [0.4, 0.5) is 20.3 Å². The molecule has 1 aromatic carbocycles. The fraction of sp³-hybridized carbons (Fsp3) is 0.393. The molecule has 2 aromatic heterocycles. The Morgan fingerprint density at radius 2 is 2.10 bits per heavy atom. The Kier molecular flexibility index (Phi) is 10.4. The number of nitrogens with zero attached hydrogens (tertiary/aromatic N) is 5. The largest absolute Gasteiger partial charge is 0.379 e.